The van der Waals surface area contributed by atoms with E-state index in [1.165, 1.54) is 0 Å². The summed E-state index contributed by atoms with van der Waals surface area (Å²) < 4.78 is 36.2. The van der Waals surface area contributed by atoms with Crippen LogP contribution in [0.2, 0.25) is 0 Å². The van der Waals surface area contributed by atoms with E-state index in [4.69, 9.17) is 17.3 Å². The summed E-state index contributed by atoms with van der Waals surface area (Å²) in [6.07, 6.45) is -3.69. The van der Waals surface area contributed by atoms with Crippen molar-refractivity contribution in [1.29, 1.82) is 0 Å². The Kier molecular flexibility index (Phi) is 2.66. The molecular weight excluding hydrogens is 205 g/mol. The standard InChI is InChI=1S/C7H6ClF3N2/c8-2-6-5(12)1-4(3-13-6)7(9,10)11/h1,3H,2,12H2. The van der Waals surface area contributed by atoms with Gasteiger partial charge < -0.3 is 5.73 Å². The number of halogens is 4. The van der Waals surface area contributed by atoms with E-state index in [9.17, 15) is 13.2 Å². The number of nitrogen functional groups attached to an aromatic ring is 1. The zero-order valence-electron chi connectivity index (χ0n) is 6.40. The number of hydrogen-bond acceptors (Lipinski definition) is 2. The van der Waals surface area contributed by atoms with Gasteiger partial charge in [0.2, 0.25) is 0 Å². The first kappa shape index (κ1) is 10.1. The molecule has 0 saturated carbocycles. The summed E-state index contributed by atoms with van der Waals surface area (Å²) in [6.45, 7) is 0. The third kappa shape index (κ3) is 2.24. The molecule has 0 saturated heterocycles. The fourth-order valence-corrected chi connectivity index (χ4v) is 1.00. The summed E-state index contributed by atoms with van der Waals surface area (Å²) in [4.78, 5) is 3.49. The van der Waals surface area contributed by atoms with Crippen molar-refractivity contribution in [3.05, 3.63) is 23.5 Å². The van der Waals surface area contributed by atoms with Gasteiger partial charge in [-0.2, -0.15) is 13.2 Å². The molecule has 2 N–H and O–H groups in total. The van der Waals surface area contributed by atoms with Crippen molar-refractivity contribution in [3.63, 3.8) is 0 Å². The number of rotatable bonds is 1. The predicted octanol–water partition coefficient (Wildman–Crippen LogP) is 2.42. The summed E-state index contributed by atoms with van der Waals surface area (Å²) in [5.74, 6) is 0.00394. The molecule has 0 aliphatic heterocycles. The summed E-state index contributed by atoms with van der Waals surface area (Å²) in [6, 6.07) is 0.824. The molecule has 0 unspecified atom stereocenters. The van der Waals surface area contributed by atoms with Crippen LogP contribution < -0.4 is 5.73 Å². The van der Waals surface area contributed by atoms with Crippen LogP contribution in [0.1, 0.15) is 11.3 Å². The van der Waals surface area contributed by atoms with E-state index in [1.807, 2.05) is 0 Å². The monoisotopic (exact) mass is 210 g/mol. The zero-order chi connectivity index (χ0) is 10.1. The number of anilines is 1. The maximum atomic E-state index is 12.1. The number of pyridine rings is 1. The maximum absolute atomic E-state index is 12.1. The van der Waals surface area contributed by atoms with Crippen molar-refractivity contribution < 1.29 is 13.2 Å². The second kappa shape index (κ2) is 3.41. The molecule has 1 aromatic rings. The third-order valence-corrected chi connectivity index (χ3v) is 1.71. The molecule has 0 radical (unpaired) electrons. The minimum Gasteiger partial charge on any atom is -0.397 e. The average Bonchev–Trinajstić information content (AvgIpc) is 2.02. The van der Waals surface area contributed by atoms with E-state index < -0.39 is 11.7 Å². The van der Waals surface area contributed by atoms with Gasteiger partial charge in [0, 0.05) is 6.20 Å². The van der Waals surface area contributed by atoms with Crippen molar-refractivity contribution in [2.24, 2.45) is 0 Å². The molecule has 1 heterocycles. The fraction of sp³-hybridized carbons (Fsp3) is 0.286. The predicted molar refractivity (Wildman–Crippen MR) is 43.2 cm³/mol. The molecule has 72 valence electrons. The molecule has 1 rings (SSSR count). The molecule has 0 aliphatic rings. The number of nitrogens with two attached hydrogens (primary N) is 1. The van der Waals surface area contributed by atoms with Gasteiger partial charge in [-0.15, -0.1) is 11.6 Å². The quantitative estimate of drug-likeness (QED) is 0.723. The Hall–Kier alpha value is -0.970. The van der Waals surface area contributed by atoms with Crippen molar-refractivity contribution in [2.45, 2.75) is 12.1 Å². The van der Waals surface area contributed by atoms with Crippen LogP contribution in [0.3, 0.4) is 0 Å². The Morgan fingerprint density at radius 2 is 2.08 bits per heavy atom. The first-order valence-corrected chi connectivity index (χ1v) is 3.86. The molecule has 0 fully saturated rings. The van der Waals surface area contributed by atoms with E-state index in [2.05, 4.69) is 4.98 Å². The molecule has 0 amide bonds. The van der Waals surface area contributed by atoms with Crippen LogP contribution in [0.25, 0.3) is 0 Å². The fourth-order valence-electron chi connectivity index (χ4n) is 0.777. The van der Waals surface area contributed by atoms with Gasteiger partial charge in [-0.05, 0) is 6.07 Å². The number of hydrogen-bond donors (Lipinski definition) is 1. The first-order chi connectivity index (χ1) is 5.95. The highest BCUT2D eigenvalue weighted by atomic mass is 35.5. The number of aromatic nitrogens is 1. The van der Waals surface area contributed by atoms with Crippen molar-refractivity contribution in [1.82, 2.24) is 4.98 Å². The Morgan fingerprint density at radius 3 is 2.46 bits per heavy atom. The zero-order valence-corrected chi connectivity index (χ0v) is 7.15. The van der Waals surface area contributed by atoms with Crippen LogP contribution >= 0.6 is 11.6 Å². The molecule has 1 aromatic heterocycles. The third-order valence-electron chi connectivity index (χ3n) is 1.46. The highest BCUT2D eigenvalue weighted by molar-refractivity contribution is 6.17. The lowest BCUT2D eigenvalue weighted by Gasteiger charge is -2.08. The van der Waals surface area contributed by atoms with Gasteiger partial charge in [0.15, 0.2) is 0 Å². The van der Waals surface area contributed by atoms with E-state index in [0.717, 1.165) is 6.07 Å². The van der Waals surface area contributed by atoms with Gasteiger partial charge in [0.1, 0.15) is 0 Å². The van der Waals surface area contributed by atoms with Crippen molar-refractivity contribution in [3.8, 4) is 0 Å². The summed E-state index contributed by atoms with van der Waals surface area (Å²) in [5, 5.41) is 0. The van der Waals surface area contributed by atoms with Gasteiger partial charge in [0.05, 0.1) is 22.8 Å². The normalized spacial score (nSPS) is 11.7. The van der Waals surface area contributed by atoms with Gasteiger partial charge in [0.25, 0.3) is 0 Å². The molecule has 0 atom stereocenters. The topological polar surface area (TPSA) is 38.9 Å². The highest BCUT2D eigenvalue weighted by Gasteiger charge is 2.31. The molecular formula is C7H6ClF3N2. The van der Waals surface area contributed by atoms with Crippen LogP contribution in [-0.4, -0.2) is 4.98 Å². The molecule has 2 nitrogen and oxygen atoms in total. The largest absolute Gasteiger partial charge is 0.417 e. The van der Waals surface area contributed by atoms with Crippen LogP contribution in [0.5, 0.6) is 0 Å². The Balaban J connectivity index is 3.10. The van der Waals surface area contributed by atoms with Gasteiger partial charge >= 0.3 is 6.18 Å². The lowest BCUT2D eigenvalue weighted by molar-refractivity contribution is -0.137. The van der Waals surface area contributed by atoms with Crippen LogP contribution in [0, 0.1) is 0 Å². The lowest BCUT2D eigenvalue weighted by atomic mass is 10.2. The first-order valence-electron chi connectivity index (χ1n) is 3.32. The summed E-state index contributed by atoms with van der Waals surface area (Å²) in [5.41, 5.74) is 4.64. The second-order valence-electron chi connectivity index (χ2n) is 2.39. The number of alkyl halides is 4. The number of nitrogens with zero attached hydrogens (tertiary/aromatic N) is 1. The highest BCUT2D eigenvalue weighted by Crippen LogP contribution is 2.30. The minimum atomic E-state index is -4.41. The summed E-state index contributed by atoms with van der Waals surface area (Å²) in [7, 11) is 0. The maximum Gasteiger partial charge on any atom is 0.417 e. The molecule has 0 aliphatic carbocycles. The van der Waals surface area contributed by atoms with Gasteiger partial charge in [-0.3, -0.25) is 4.98 Å². The molecule has 0 bridgehead atoms. The summed E-state index contributed by atoms with van der Waals surface area (Å²) >= 11 is 5.38. The second-order valence-corrected chi connectivity index (χ2v) is 2.66. The Labute approximate surface area is 77.5 Å². The molecule has 6 heteroatoms. The van der Waals surface area contributed by atoms with Gasteiger partial charge in [-0.25, -0.2) is 0 Å². The Bertz CT molecular complexity index is 311. The van der Waals surface area contributed by atoms with E-state index in [1.54, 1.807) is 0 Å². The molecule has 0 aromatic carbocycles. The SMILES string of the molecule is Nc1cc(C(F)(F)F)cnc1CCl. The lowest BCUT2D eigenvalue weighted by Crippen LogP contribution is -2.08. The molecule has 13 heavy (non-hydrogen) atoms. The van der Waals surface area contributed by atoms with Crippen molar-refractivity contribution >= 4 is 17.3 Å². The van der Waals surface area contributed by atoms with Crippen LogP contribution in [0.15, 0.2) is 12.3 Å². The molecule has 0 spiro atoms. The smallest absolute Gasteiger partial charge is 0.397 e. The van der Waals surface area contributed by atoms with Crippen LogP contribution in [0.4, 0.5) is 18.9 Å². The van der Waals surface area contributed by atoms with E-state index in [0.29, 0.717) is 6.20 Å². The van der Waals surface area contributed by atoms with Crippen LogP contribution in [-0.2, 0) is 12.1 Å². The Morgan fingerprint density at radius 1 is 1.46 bits per heavy atom. The van der Waals surface area contributed by atoms with Gasteiger partial charge in [-0.1, -0.05) is 0 Å². The average molecular weight is 211 g/mol. The minimum absolute atomic E-state index is 0.00394. The van der Waals surface area contributed by atoms with E-state index >= 15 is 0 Å². The van der Waals surface area contributed by atoms with E-state index in [-0.39, 0.29) is 17.3 Å². The van der Waals surface area contributed by atoms with Crippen molar-refractivity contribution in [2.75, 3.05) is 5.73 Å².